The lowest BCUT2D eigenvalue weighted by molar-refractivity contribution is 0.112. The standard InChI is InChI=1S/C14H17N3O2/c15-14-16-12-6-1-9(8-18)7-13(12)17(14)10-2-4-11(19)5-3-10/h1,6-8,10-11,19H,2-5H2,(H2,15,16)/t10-,11+. The Morgan fingerprint density at radius 3 is 2.74 bits per heavy atom. The molecule has 0 bridgehead atoms. The first kappa shape index (κ1) is 12.2. The van der Waals surface area contributed by atoms with Crippen LogP contribution in [0.4, 0.5) is 5.95 Å². The van der Waals surface area contributed by atoms with Crippen molar-refractivity contribution >= 4 is 23.3 Å². The summed E-state index contributed by atoms with van der Waals surface area (Å²) >= 11 is 0. The molecule has 5 heteroatoms. The minimum Gasteiger partial charge on any atom is -0.393 e. The molecule has 0 aliphatic heterocycles. The zero-order chi connectivity index (χ0) is 13.4. The summed E-state index contributed by atoms with van der Waals surface area (Å²) in [5.74, 6) is 0.486. The van der Waals surface area contributed by atoms with Crippen molar-refractivity contribution in [1.29, 1.82) is 0 Å². The summed E-state index contributed by atoms with van der Waals surface area (Å²) in [7, 11) is 0. The smallest absolute Gasteiger partial charge is 0.201 e. The number of hydrogen-bond donors (Lipinski definition) is 2. The number of hydrogen-bond acceptors (Lipinski definition) is 4. The summed E-state index contributed by atoms with van der Waals surface area (Å²) in [5, 5.41) is 9.59. The fourth-order valence-electron chi connectivity index (χ4n) is 2.90. The number of anilines is 1. The lowest BCUT2D eigenvalue weighted by atomic mass is 9.93. The van der Waals surface area contributed by atoms with Crippen molar-refractivity contribution in [3.05, 3.63) is 23.8 Å². The largest absolute Gasteiger partial charge is 0.393 e. The van der Waals surface area contributed by atoms with Gasteiger partial charge in [-0.3, -0.25) is 4.79 Å². The van der Waals surface area contributed by atoms with Crippen LogP contribution in [0.1, 0.15) is 42.1 Å². The Kier molecular flexibility index (Phi) is 2.98. The van der Waals surface area contributed by atoms with Crippen LogP contribution in [0.3, 0.4) is 0 Å². The SMILES string of the molecule is Nc1nc2ccc(C=O)cc2n1[C@H]1CC[C@@H](O)CC1. The van der Waals surface area contributed by atoms with Crippen LogP contribution in [0, 0.1) is 0 Å². The second kappa shape index (κ2) is 4.66. The molecule has 19 heavy (non-hydrogen) atoms. The zero-order valence-electron chi connectivity index (χ0n) is 10.6. The maximum absolute atomic E-state index is 10.9. The van der Waals surface area contributed by atoms with Crippen molar-refractivity contribution < 1.29 is 9.90 Å². The van der Waals surface area contributed by atoms with E-state index >= 15 is 0 Å². The van der Waals surface area contributed by atoms with Crippen molar-refractivity contribution in [3.63, 3.8) is 0 Å². The highest BCUT2D eigenvalue weighted by atomic mass is 16.3. The monoisotopic (exact) mass is 259 g/mol. The highest BCUT2D eigenvalue weighted by Gasteiger charge is 2.24. The third-order valence-corrected chi connectivity index (χ3v) is 3.91. The van der Waals surface area contributed by atoms with Gasteiger partial charge < -0.3 is 15.4 Å². The molecule has 100 valence electrons. The predicted octanol–water partition coefficient (Wildman–Crippen LogP) is 1.91. The van der Waals surface area contributed by atoms with Gasteiger partial charge in [0.1, 0.15) is 6.29 Å². The molecular weight excluding hydrogens is 242 g/mol. The number of carbonyl (C=O) groups is 1. The minimum atomic E-state index is -0.196. The number of aldehydes is 1. The second-order valence-electron chi connectivity index (χ2n) is 5.17. The van der Waals surface area contributed by atoms with Gasteiger partial charge >= 0.3 is 0 Å². The fourth-order valence-corrected chi connectivity index (χ4v) is 2.90. The molecule has 0 radical (unpaired) electrons. The molecule has 0 atom stereocenters. The summed E-state index contributed by atoms with van der Waals surface area (Å²) in [6.07, 6.45) is 3.99. The molecule has 3 N–H and O–H groups in total. The Bertz CT molecular complexity index is 612. The number of rotatable bonds is 2. The molecular formula is C14H17N3O2. The Morgan fingerprint density at radius 2 is 2.05 bits per heavy atom. The summed E-state index contributed by atoms with van der Waals surface area (Å²) in [6.45, 7) is 0. The van der Waals surface area contributed by atoms with E-state index in [4.69, 9.17) is 5.73 Å². The molecule has 0 amide bonds. The van der Waals surface area contributed by atoms with Gasteiger partial charge in [-0.1, -0.05) is 0 Å². The quantitative estimate of drug-likeness (QED) is 0.807. The third-order valence-electron chi connectivity index (χ3n) is 3.91. The zero-order valence-corrected chi connectivity index (χ0v) is 10.6. The number of aromatic nitrogens is 2. The van der Waals surface area contributed by atoms with E-state index in [1.807, 2.05) is 16.7 Å². The van der Waals surface area contributed by atoms with Crippen LogP contribution in [0.5, 0.6) is 0 Å². The van der Waals surface area contributed by atoms with E-state index < -0.39 is 0 Å². The molecule has 0 spiro atoms. The van der Waals surface area contributed by atoms with Gasteiger partial charge in [-0.2, -0.15) is 0 Å². The first-order chi connectivity index (χ1) is 9.19. The van der Waals surface area contributed by atoms with Crippen molar-refractivity contribution in [1.82, 2.24) is 9.55 Å². The predicted molar refractivity (Wildman–Crippen MR) is 73.0 cm³/mol. The van der Waals surface area contributed by atoms with Crippen LogP contribution in [0.25, 0.3) is 11.0 Å². The average molecular weight is 259 g/mol. The van der Waals surface area contributed by atoms with Gasteiger partial charge in [-0.15, -0.1) is 0 Å². The van der Waals surface area contributed by atoms with Crippen molar-refractivity contribution in [2.24, 2.45) is 0 Å². The Morgan fingerprint density at radius 1 is 1.32 bits per heavy atom. The molecule has 2 aromatic rings. The fraction of sp³-hybridized carbons (Fsp3) is 0.429. The van der Waals surface area contributed by atoms with Crippen molar-refractivity contribution in [2.45, 2.75) is 37.8 Å². The van der Waals surface area contributed by atoms with E-state index in [0.29, 0.717) is 11.5 Å². The maximum atomic E-state index is 10.9. The number of benzene rings is 1. The van der Waals surface area contributed by atoms with Crippen LogP contribution < -0.4 is 5.73 Å². The van der Waals surface area contributed by atoms with Crippen molar-refractivity contribution in [2.75, 3.05) is 5.73 Å². The Balaban J connectivity index is 2.06. The molecule has 1 fully saturated rings. The highest BCUT2D eigenvalue weighted by molar-refractivity contribution is 5.86. The minimum absolute atomic E-state index is 0.196. The Hall–Kier alpha value is -1.88. The number of carbonyl (C=O) groups excluding carboxylic acids is 1. The number of imidazole rings is 1. The van der Waals surface area contributed by atoms with E-state index in [-0.39, 0.29) is 12.1 Å². The lowest BCUT2D eigenvalue weighted by Crippen LogP contribution is -2.22. The molecule has 1 aromatic heterocycles. The molecule has 1 saturated carbocycles. The summed E-state index contributed by atoms with van der Waals surface area (Å²) < 4.78 is 2.01. The summed E-state index contributed by atoms with van der Waals surface area (Å²) in [4.78, 5) is 15.2. The molecule has 5 nitrogen and oxygen atoms in total. The van der Waals surface area contributed by atoms with Gasteiger partial charge in [0, 0.05) is 11.6 Å². The van der Waals surface area contributed by atoms with Crippen LogP contribution in [0.2, 0.25) is 0 Å². The molecule has 1 aromatic carbocycles. The van der Waals surface area contributed by atoms with Crippen LogP contribution >= 0.6 is 0 Å². The van der Waals surface area contributed by atoms with E-state index in [1.165, 1.54) is 0 Å². The van der Waals surface area contributed by atoms with Gasteiger partial charge in [0.15, 0.2) is 0 Å². The molecule has 1 aliphatic carbocycles. The Labute approximate surface area is 111 Å². The number of nitrogens with two attached hydrogens (primary N) is 1. The van der Waals surface area contributed by atoms with Crippen LogP contribution in [0.15, 0.2) is 18.2 Å². The van der Waals surface area contributed by atoms with Gasteiger partial charge in [0.25, 0.3) is 0 Å². The average Bonchev–Trinajstić information content (AvgIpc) is 2.75. The highest BCUT2D eigenvalue weighted by Crippen LogP contribution is 2.33. The van der Waals surface area contributed by atoms with Gasteiger partial charge in [-0.25, -0.2) is 4.98 Å². The number of nitrogens with zero attached hydrogens (tertiary/aromatic N) is 2. The third kappa shape index (κ3) is 2.10. The van der Waals surface area contributed by atoms with E-state index in [0.717, 1.165) is 43.0 Å². The number of fused-ring (bicyclic) bond motifs is 1. The van der Waals surface area contributed by atoms with Crippen LogP contribution in [-0.2, 0) is 0 Å². The molecule has 0 saturated heterocycles. The lowest BCUT2D eigenvalue weighted by Gasteiger charge is -2.27. The number of aliphatic hydroxyl groups excluding tert-OH is 1. The molecule has 0 unspecified atom stereocenters. The number of aliphatic hydroxyl groups is 1. The number of nitrogen functional groups attached to an aromatic ring is 1. The maximum Gasteiger partial charge on any atom is 0.201 e. The topological polar surface area (TPSA) is 81.1 Å². The first-order valence-corrected chi connectivity index (χ1v) is 6.59. The molecule has 1 aliphatic rings. The first-order valence-electron chi connectivity index (χ1n) is 6.59. The summed E-state index contributed by atoms with van der Waals surface area (Å²) in [6, 6.07) is 5.66. The van der Waals surface area contributed by atoms with Crippen molar-refractivity contribution in [3.8, 4) is 0 Å². The molecule has 3 rings (SSSR count). The second-order valence-corrected chi connectivity index (χ2v) is 5.17. The molecule has 1 heterocycles. The summed E-state index contributed by atoms with van der Waals surface area (Å²) in [5.41, 5.74) is 8.36. The van der Waals surface area contributed by atoms with Gasteiger partial charge in [0.05, 0.1) is 17.1 Å². The van der Waals surface area contributed by atoms with Gasteiger partial charge in [0.2, 0.25) is 5.95 Å². The van der Waals surface area contributed by atoms with E-state index in [9.17, 15) is 9.90 Å². The van der Waals surface area contributed by atoms with E-state index in [1.54, 1.807) is 6.07 Å². The van der Waals surface area contributed by atoms with Crippen LogP contribution in [-0.4, -0.2) is 27.0 Å². The van der Waals surface area contributed by atoms with Gasteiger partial charge in [-0.05, 0) is 43.9 Å². The normalized spacial score (nSPS) is 23.6. The van der Waals surface area contributed by atoms with E-state index in [2.05, 4.69) is 4.98 Å².